The van der Waals surface area contributed by atoms with Gasteiger partial charge in [0.2, 0.25) is 0 Å². The number of benzene rings is 1. The van der Waals surface area contributed by atoms with E-state index >= 15 is 0 Å². The van der Waals surface area contributed by atoms with E-state index in [-0.39, 0.29) is 25.5 Å². The third kappa shape index (κ3) is 4.50. The highest BCUT2D eigenvalue weighted by molar-refractivity contribution is 5.99. The van der Waals surface area contributed by atoms with Crippen molar-refractivity contribution in [3.05, 3.63) is 41.4 Å². The first-order valence-corrected chi connectivity index (χ1v) is 7.33. The van der Waals surface area contributed by atoms with Crippen molar-refractivity contribution in [3.8, 4) is 0 Å². The molecule has 0 amide bonds. The molecule has 5 nitrogen and oxygen atoms in total. The van der Waals surface area contributed by atoms with Crippen molar-refractivity contribution in [2.45, 2.75) is 20.8 Å². The average Bonchev–Trinajstić information content (AvgIpc) is 2.54. The smallest absolute Gasteiger partial charge is 0.355 e. The number of esters is 2. The van der Waals surface area contributed by atoms with Crippen LogP contribution in [0.3, 0.4) is 0 Å². The van der Waals surface area contributed by atoms with Crippen LogP contribution in [0.15, 0.2) is 23.9 Å². The third-order valence-corrected chi connectivity index (χ3v) is 2.94. The van der Waals surface area contributed by atoms with Crippen LogP contribution in [0.25, 0.3) is 0 Å². The Bertz CT molecular complexity index is 646. The summed E-state index contributed by atoms with van der Waals surface area (Å²) in [5, 5.41) is 0. The van der Waals surface area contributed by atoms with Crippen molar-refractivity contribution in [1.29, 1.82) is 0 Å². The van der Waals surface area contributed by atoms with E-state index in [2.05, 4.69) is 0 Å². The Balaban J connectivity index is 3.39. The second kappa shape index (κ2) is 8.95. The van der Waals surface area contributed by atoms with E-state index in [4.69, 9.17) is 9.47 Å². The topological polar surface area (TPSA) is 55.8 Å². The summed E-state index contributed by atoms with van der Waals surface area (Å²) >= 11 is 0. The van der Waals surface area contributed by atoms with Gasteiger partial charge in [-0.2, -0.15) is 0 Å². The van der Waals surface area contributed by atoms with Crippen molar-refractivity contribution < 1.29 is 32.2 Å². The molecule has 0 bridgehead atoms. The van der Waals surface area contributed by atoms with E-state index in [1.807, 2.05) is 0 Å². The largest absolute Gasteiger partial charge is 0.463 e. The number of rotatable bonds is 7. The lowest BCUT2D eigenvalue weighted by Gasteiger charge is -2.25. The number of hydrogen-bond acceptors (Lipinski definition) is 5. The van der Waals surface area contributed by atoms with Crippen LogP contribution in [-0.2, 0) is 19.1 Å². The van der Waals surface area contributed by atoms with Gasteiger partial charge in [0.1, 0.15) is 5.70 Å². The van der Waals surface area contributed by atoms with E-state index in [0.29, 0.717) is 0 Å². The lowest BCUT2D eigenvalue weighted by atomic mass is 10.2. The maximum atomic E-state index is 14.0. The van der Waals surface area contributed by atoms with Crippen LogP contribution in [0.2, 0.25) is 0 Å². The fourth-order valence-corrected chi connectivity index (χ4v) is 1.94. The van der Waals surface area contributed by atoms with Crippen molar-refractivity contribution in [2.75, 3.05) is 24.7 Å². The number of nitrogens with zero attached hydrogens (tertiary/aromatic N) is 1. The molecule has 132 valence electrons. The van der Waals surface area contributed by atoms with Gasteiger partial charge in [0.05, 0.1) is 25.0 Å². The third-order valence-electron chi connectivity index (χ3n) is 2.94. The zero-order valence-electron chi connectivity index (χ0n) is 13.6. The number of carbonyl (C=O) groups is 2. The summed E-state index contributed by atoms with van der Waals surface area (Å²) in [6.07, 6.45) is 0.825. The summed E-state index contributed by atoms with van der Waals surface area (Å²) < 4.78 is 50.2. The highest BCUT2D eigenvalue weighted by Gasteiger charge is 2.25. The molecule has 0 aliphatic rings. The van der Waals surface area contributed by atoms with Crippen molar-refractivity contribution in [2.24, 2.45) is 0 Å². The molecule has 0 N–H and O–H groups in total. The molecule has 0 radical (unpaired) electrons. The van der Waals surface area contributed by atoms with Crippen LogP contribution in [0.1, 0.15) is 20.8 Å². The first-order chi connectivity index (χ1) is 11.4. The number of carbonyl (C=O) groups excluding carboxylic acids is 2. The molecule has 0 unspecified atom stereocenters. The molecule has 0 fully saturated rings. The van der Waals surface area contributed by atoms with Crippen molar-refractivity contribution >= 4 is 17.6 Å². The number of ether oxygens (including phenoxy) is 2. The van der Waals surface area contributed by atoms with Gasteiger partial charge in [0.25, 0.3) is 0 Å². The first-order valence-electron chi connectivity index (χ1n) is 7.33. The van der Waals surface area contributed by atoms with E-state index in [1.54, 1.807) is 20.8 Å². The zero-order valence-corrected chi connectivity index (χ0v) is 13.6. The molecule has 0 aromatic heterocycles. The maximum Gasteiger partial charge on any atom is 0.355 e. The molecule has 1 aromatic carbocycles. The van der Waals surface area contributed by atoms with Crippen LogP contribution < -0.4 is 4.90 Å². The second-order valence-electron chi connectivity index (χ2n) is 4.44. The standard InChI is InChI=1S/C16H18F3NO4/c1-4-20(11-8-7-10(17)14(18)15(11)19)12(16(22)24-6-3)9-13(21)23-5-2/h7-9H,4-6H2,1-3H3. The predicted molar refractivity (Wildman–Crippen MR) is 80.7 cm³/mol. The Kier molecular flexibility index (Phi) is 7.29. The van der Waals surface area contributed by atoms with E-state index in [1.165, 1.54) is 0 Å². The number of likely N-dealkylation sites (N-methyl/N-ethyl adjacent to an activating group) is 1. The summed E-state index contributed by atoms with van der Waals surface area (Å²) in [5.41, 5.74) is -0.747. The van der Waals surface area contributed by atoms with E-state index in [9.17, 15) is 22.8 Å². The summed E-state index contributed by atoms with van der Waals surface area (Å²) in [4.78, 5) is 24.8. The Labute approximate surface area is 137 Å². The number of halogens is 3. The van der Waals surface area contributed by atoms with Gasteiger partial charge in [-0.1, -0.05) is 0 Å². The molecule has 1 rings (SSSR count). The number of anilines is 1. The molecule has 0 spiro atoms. The predicted octanol–water partition coefficient (Wildman–Crippen LogP) is 2.94. The summed E-state index contributed by atoms with van der Waals surface area (Å²) in [6, 6.07) is 1.69. The second-order valence-corrected chi connectivity index (χ2v) is 4.44. The van der Waals surface area contributed by atoms with Gasteiger partial charge in [0.15, 0.2) is 17.5 Å². The minimum atomic E-state index is -1.68. The summed E-state index contributed by atoms with van der Waals surface area (Å²) in [7, 11) is 0. The van der Waals surface area contributed by atoms with Gasteiger partial charge in [-0.15, -0.1) is 0 Å². The Hall–Kier alpha value is -2.51. The molecular formula is C16H18F3NO4. The van der Waals surface area contributed by atoms with Gasteiger partial charge in [0, 0.05) is 6.54 Å². The van der Waals surface area contributed by atoms with Crippen LogP contribution in [0.5, 0.6) is 0 Å². The molecule has 0 saturated heterocycles. The first kappa shape index (κ1) is 19.5. The molecule has 0 heterocycles. The molecule has 0 saturated carbocycles. The fourth-order valence-electron chi connectivity index (χ4n) is 1.94. The quantitative estimate of drug-likeness (QED) is 0.432. The highest BCUT2D eigenvalue weighted by atomic mass is 19.2. The molecule has 24 heavy (non-hydrogen) atoms. The minimum Gasteiger partial charge on any atom is -0.463 e. The fraction of sp³-hybridized carbons (Fsp3) is 0.375. The van der Waals surface area contributed by atoms with Crippen LogP contribution >= 0.6 is 0 Å². The molecular weight excluding hydrogens is 327 g/mol. The number of hydrogen-bond donors (Lipinski definition) is 0. The molecule has 0 atom stereocenters. The van der Waals surface area contributed by atoms with Gasteiger partial charge >= 0.3 is 11.9 Å². The average molecular weight is 345 g/mol. The van der Waals surface area contributed by atoms with Crippen LogP contribution in [-0.4, -0.2) is 31.7 Å². The van der Waals surface area contributed by atoms with E-state index < -0.39 is 35.1 Å². The Morgan fingerprint density at radius 1 is 1.04 bits per heavy atom. The molecule has 0 aliphatic carbocycles. The SMILES string of the molecule is CCOC(=O)C=C(C(=O)OCC)N(CC)c1ccc(F)c(F)c1F. The van der Waals surface area contributed by atoms with E-state index in [0.717, 1.165) is 23.1 Å². The van der Waals surface area contributed by atoms with Gasteiger partial charge < -0.3 is 14.4 Å². The maximum absolute atomic E-state index is 14.0. The molecule has 1 aromatic rings. The summed E-state index contributed by atoms with van der Waals surface area (Å²) in [6.45, 7) is 4.73. The van der Waals surface area contributed by atoms with Crippen LogP contribution in [0, 0.1) is 17.5 Å². The Morgan fingerprint density at radius 2 is 1.67 bits per heavy atom. The highest BCUT2D eigenvalue weighted by Crippen LogP contribution is 2.27. The van der Waals surface area contributed by atoms with Crippen molar-refractivity contribution in [1.82, 2.24) is 0 Å². The van der Waals surface area contributed by atoms with Crippen LogP contribution in [0.4, 0.5) is 18.9 Å². The van der Waals surface area contributed by atoms with Gasteiger partial charge in [-0.05, 0) is 32.9 Å². The normalized spacial score (nSPS) is 11.2. The minimum absolute atomic E-state index is 0.00789. The molecule has 0 aliphatic heterocycles. The van der Waals surface area contributed by atoms with Gasteiger partial charge in [-0.25, -0.2) is 22.8 Å². The molecule has 8 heteroatoms. The van der Waals surface area contributed by atoms with Gasteiger partial charge in [-0.3, -0.25) is 0 Å². The summed E-state index contributed by atoms with van der Waals surface area (Å²) in [5.74, 6) is -6.28. The monoisotopic (exact) mass is 345 g/mol. The lowest BCUT2D eigenvalue weighted by Crippen LogP contribution is -2.30. The Morgan fingerprint density at radius 3 is 2.21 bits per heavy atom. The lowest BCUT2D eigenvalue weighted by molar-refractivity contribution is -0.141. The zero-order chi connectivity index (χ0) is 18.3. The van der Waals surface area contributed by atoms with Crippen molar-refractivity contribution in [3.63, 3.8) is 0 Å².